The number of aromatic nitrogens is 3. The van der Waals surface area contributed by atoms with Crippen LogP contribution in [-0.4, -0.2) is 26.9 Å². The number of H-pyrrole nitrogens is 1. The van der Waals surface area contributed by atoms with Gasteiger partial charge in [-0.15, -0.1) is 0 Å². The summed E-state index contributed by atoms with van der Waals surface area (Å²) >= 11 is 0. The second-order valence-corrected chi connectivity index (χ2v) is 5.78. The van der Waals surface area contributed by atoms with Crippen LogP contribution in [0.15, 0.2) is 30.5 Å². The number of para-hydroxylation sites is 1. The van der Waals surface area contributed by atoms with Crippen molar-refractivity contribution < 1.29 is 22.7 Å². The van der Waals surface area contributed by atoms with Crippen molar-refractivity contribution in [3.8, 4) is 0 Å². The predicted octanol–water partition coefficient (Wildman–Crippen LogP) is 3.98. The summed E-state index contributed by atoms with van der Waals surface area (Å²) in [7, 11) is 1.54. The monoisotopic (exact) mass is 351 g/mol. The molecule has 0 amide bonds. The summed E-state index contributed by atoms with van der Waals surface area (Å²) in [4.78, 5) is 15.3. The van der Waals surface area contributed by atoms with Crippen LogP contribution in [0.2, 0.25) is 0 Å². The van der Waals surface area contributed by atoms with E-state index in [1.165, 1.54) is 24.6 Å². The third-order valence-corrected chi connectivity index (χ3v) is 4.16. The van der Waals surface area contributed by atoms with Gasteiger partial charge in [0.25, 0.3) is 0 Å². The molecule has 0 saturated carbocycles. The molecule has 3 aromatic rings. The zero-order valence-corrected chi connectivity index (χ0v) is 13.8. The fourth-order valence-electron chi connectivity index (χ4n) is 2.88. The number of aromatic amines is 1. The molecule has 0 fully saturated rings. The van der Waals surface area contributed by atoms with Gasteiger partial charge in [0.05, 0.1) is 16.8 Å². The van der Waals surface area contributed by atoms with Crippen molar-refractivity contribution in [1.82, 2.24) is 14.8 Å². The van der Waals surface area contributed by atoms with Crippen LogP contribution in [0, 0.1) is 13.8 Å². The van der Waals surface area contributed by atoms with E-state index in [0.29, 0.717) is 16.6 Å². The highest BCUT2D eigenvalue weighted by atomic mass is 19.4. The first-order chi connectivity index (χ1) is 11.7. The van der Waals surface area contributed by atoms with E-state index in [2.05, 4.69) is 10.1 Å². The number of alkyl halides is 3. The van der Waals surface area contributed by atoms with Crippen LogP contribution in [0.25, 0.3) is 10.9 Å². The predicted molar refractivity (Wildman–Crippen MR) is 85.2 cm³/mol. The lowest BCUT2D eigenvalue weighted by Crippen LogP contribution is -2.27. The Bertz CT molecular complexity index is 940. The first kappa shape index (κ1) is 17.1. The SMILES string of the molecule is Cc1nn(C)c(C)c1C(OC(=O)c1cccc2cc[nH]c12)C(F)(F)F. The molecule has 1 atom stereocenters. The van der Waals surface area contributed by atoms with E-state index in [-0.39, 0.29) is 16.8 Å². The van der Waals surface area contributed by atoms with Gasteiger partial charge in [0, 0.05) is 29.9 Å². The number of fused-ring (bicyclic) bond motifs is 1. The number of carbonyl (C=O) groups is 1. The number of ether oxygens (including phenoxy) is 1. The molecule has 2 aromatic heterocycles. The Hall–Kier alpha value is -2.77. The van der Waals surface area contributed by atoms with Gasteiger partial charge in [0.1, 0.15) is 0 Å². The first-order valence-electron chi connectivity index (χ1n) is 7.54. The average Bonchev–Trinajstić information content (AvgIpc) is 3.09. The van der Waals surface area contributed by atoms with E-state index in [1.807, 2.05) is 0 Å². The second kappa shape index (κ2) is 5.94. The van der Waals surface area contributed by atoms with E-state index in [1.54, 1.807) is 31.4 Å². The minimum atomic E-state index is -4.75. The lowest BCUT2D eigenvalue weighted by Gasteiger charge is -2.21. The number of esters is 1. The summed E-state index contributed by atoms with van der Waals surface area (Å²) in [5.74, 6) is -1.04. The zero-order valence-electron chi connectivity index (χ0n) is 13.8. The van der Waals surface area contributed by atoms with E-state index in [4.69, 9.17) is 4.74 Å². The van der Waals surface area contributed by atoms with Crippen molar-refractivity contribution >= 4 is 16.9 Å². The number of nitrogens with zero attached hydrogens (tertiary/aromatic N) is 2. The number of carbonyl (C=O) groups excluding carboxylic acids is 1. The van der Waals surface area contributed by atoms with E-state index in [9.17, 15) is 18.0 Å². The molecule has 0 bridgehead atoms. The molecule has 8 heteroatoms. The Labute approximate surface area is 141 Å². The van der Waals surface area contributed by atoms with Gasteiger partial charge in [-0.05, 0) is 26.0 Å². The quantitative estimate of drug-likeness (QED) is 0.726. The molecule has 0 aliphatic heterocycles. The van der Waals surface area contributed by atoms with Crippen LogP contribution < -0.4 is 0 Å². The number of nitrogens with one attached hydrogen (secondary N) is 1. The maximum atomic E-state index is 13.6. The van der Waals surface area contributed by atoms with Crippen molar-refractivity contribution in [2.24, 2.45) is 7.05 Å². The van der Waals surface area contributed by atoms with Gasteiger partial charge in [-0.3, -0.25) is 4.68 Å². The zero-order chi connectivity index (χ0) is 18.4. The van der Waals surface area contributed by atoms with Crippen molar-refractivity contribution in [3.05, 3.63) is 53.0 Å². The van der Waals surface area contributed by atoms with Gasteiger partial charge in [-0.25, -0.2) is 4.79 Å². The first-order valence-corrected chi connectivity index (χ1v) is 7.54. The van der Waals surface area contributed by atoms with Crippen LogP contribution in [0.1, 0.15) is 33.4 Å². The van der Waals surface area contributed by atoms with E-state index >= 15 is 0 Å². The summed E-state index contributed by atoms with van der Waals surface area (Å²) in [5, 5.41) is 4.70. The van der Waals surface area contributed by atoms with Crippen LogP contribution in [0.4, 0.5) is 13.2 Å². The highest BCUT2D eigenvalue weighted by Crippen LogP contribution is 2.39. The molecular weight excluding hydrogens is 335 g/mol. The Kier molecular flexibility index (Phi) is 4.06. The van der Waals surface area contributed by atoms with Gasteiger partial charge in [-0.1, -0.05) is 12.1 Å². The third-order valence-electron chi connectivity index (χ3n) is 4.16. The number of hydrogen-bond acceptors (Lipinski definition) is 3. The molecule has 25 heavy (non-hydrogen) atoms. The second-order valence-electron chi connectivity index (χ2n) is 5.78. The van der Waals surface area contributed by atoms with Crippen molar-refractivity contribution in [2.45, 2.75) is 26.1 Å². The molecule has 1 aromatic carbocycles. The number of halogens is 3. The van der Waals surface area contributed by atoms with E-state index in [0.717, 1.165) is 0 Å². The highest BCUT2D eigenvalue weighted by molar-refractivity contribution is 6.03. The minimum Gasteiger partial charge on any atom is -0.444 e. The fraction of sp³-hybridized carbons (Fsp3) is 0.294. The highest BCUT2D eigenvalue weighted by Gasteiger charge is 2.47. The molecule has 1 unspecified atom stereocenters. The summed E-state index contributed by atoms with van der Waals surface area (Å²) < 4.78 is 47.0. The molecule has 2 heterocycles. The molecule has 0 radical (unpaired) electrons. The van der Waals surface area contributed by atoms with Crippen molar-refractivity contribution in [1.29, 1.82) is 0 Å². The number of aryl methyl sites for hydroxylation is 2. The smallest absolute Gasteiger partial charge is 0.430 e. The van der Waals surface area contributed by atoms with Crippen LogP contribution in [0.5, 0.6) is 0 Å². The normalized spacial score (nSPS) is 13.2. The molecular formula is C17H16F3N3O2. The summed E-state index contributed by atoms with van der Waals surface area (Å²) in [5.41, 5.74) is 0.824. The Morgan fingerprint density at radius 2 is 2.00 bits per heavy atom. The van der Waals surface area contributed by atoms with Gasteiger partial charge in [0.15, 0.2) is 0 Å². The Morgan fingerprint density at radius 1 is 1.28 bits per heavy atom. The molecule has 0 saturated heterocycles. The molecule has 0 aliphatic carbocycles. The van der Waals surface area contributed by atoms with Crippen LogP contribution in [0.3, 0.4) is 0 Å². The maximum Gasteiger partial charge on any atom is 0.430 e. The van der Waals surface area contributed by atoms with Crippen molar-refractivity contribution in [2.75, 3.05) is 0 Å². The molecule has 1 N–H and O–H groups in total. The molecule has 5 nitrogen and oxygen atoms in total. The van der Waals surface area contributed by atoms with Crippen LogP contribution in [-0.2, 0) is 11.8 Å². The minimum absolute atomic E-state index is 0.0518. The number of rotatable bonds is 3. The summed E-state index contributed by atoms with van der Waals surface area (Å²) in [6, 6.07) is 6.50. The molecule has 3 rings (SSSR count). The third kappa shape index (κ3) is 2.99. The van der Waals surface area contributed by atoms with Crippen LogP contribution >= 0.6 is 0 Å². The van der Waals surface area contributed by atoms with Gasteiger partial charge < -0.3 is 9.72 Å². The molecule has 0 aliphatic rings. The number of hydrogen-bond donors (Lipinski definition) is 1. The summed E-state index contributed by atoms with van der Waals surface area (Å²) in [6.07, 6.45) is -5.52. The topological polar surface area (TPSA) is 59.9 Å². The van der Waals surface area contributed by atoms with Gasteiger partial charge in [-0.2, -0.15) is 18.3 Å². The lowest BCUT2D eigenvalue weighted by molar-refractivity contribution is -0.207. The lowest BCUT2D eigenvalue weighted by atomic mass is 10.1. The average molecular weight is 351 g/mol. The number of benzene rings is 1. The Balaban J connectivity index is 2.02. The molecule has 132 valence electrons. The molecule has 0 spiro atoms. The van der Waals surface area contributed by atoms with Crippen molar-refractivity contribution in [3.63, 3.8) is 0 Å². The standard InChI is InChI=1S/C17H16F3N3O2/c1-9-13(10(2)23(3)22-9)15(17(18,19)20)25-16(24)12-6-4-5-11-7-8-21-14(11)12/h4-8,15,21H,1-3H3. The Morgan fingerprint density at radius 3 is 2.60 bits per heavy atom. The largest absolute Gasteiger partial charge is 0.444 e. The van der Waals surface area contributed by atoms with E-state index < -0.39 is 18.2 Å². The summed E-state index contributed by atoms with van der Waals surface area (Å²) in [6.45, 7) is 2.97. The van der Waals surface area contributed by atoms with Gasteiger partial charge >= 0.3 is 12.1 Å². The maximum absolute atomic E-state index is 13.6. The fourth-order valence-corrected chi connectivity index (χ4v) is 2.88. The van der Waals surface area contributed by atoms with Gasteiger partial charge in [0.2, 0.25) is 6.10 Å².